The second kappa shape index (κ2) is 8.78. The van der Waals surface area contributed by atoms with E-state index in [9.17, 15) is 13.2 Å². The Hall–Kier alpha value is -2.02. The van der Waals surface area contributed by atoms with Crippen LogP contribution in [0, 0.1) is 0 Å². The number of alkyl halides is 3. The zero-order valence-electron chi connectivity index (χ0n) is 15.0. The lowest BCUT2D eigenvalue weighted by Crippen LogP contribution is -2.11. The van der Waals surface area contributed by atoms with Gasteiger partial charge in [-0.3, -0.25) is 0 Å². The van der Waals surface area contributed by atoms with Crippen molar-refractivity contribution < 1.29 is 13.2 Å². The second-order valence-electron chi connectivity index (χ2n) is 6.83. The van der Waals surface area contributed by atoms with Gasteiger partial charge in [-0.15, -0.1) is 0 Å². The molecule has 0 aromatic heterocycles. The Morgan fingerprint density at radius 2 is 1.70 bits per heavy atom. The highest BCUT2D eigenvalue weighted by Crippen LogP contribution is 2.32. The summed E-state index contributed by atoms with van der Waals surface area (Å²) < 4.78 is 41.2. The average Bonchev–Trinajstić information content (AvgIpc) is 2.66. The number of anilines is 3. The maximum Gasteiger partial charge on any atom is 0.416 e. The summed E-state index contributed by atoms with van der Waals surface area (Å²) in [6, 6.07) is 10.9. The Morgan fingerprint density at radius 1 is 1.00 bits per heavy atom. The van der Waals surface area contributed by atoms with E-state index >= 15 is 0 Å². The fourth-order valence-electron chi connectivity index (χ4n) is 3.11. The van der Waals surface area contributed by atoms with Crippen LogP contribution in [0.3, 0.4) is 0 Å². The molecule has 2 aromatic carbocycles. The zero-order chi connectivity index (χ0) is 19.3. The van der Waals surface area contributed by atoms with Gasteiger partial charge in [0.2, 0.25) is 0 Å². The predicted octanol–water partition coefficient (Wildman–Crippen LogP) is 6.29. The van der Waals surface area contributed by atoms with Crippen LogP contribution in [0.5, 0.6) is 0 Å². The molecule has 3 nitrogen and oxygen atoms in total. The number of benzene rings is 2. The molecule has 4 N–H and O–H groups in total. The van der Waals surface area contributed by atoms with Crippen LogP contribution in [-0.4, -0.2) is 5.25 Å². The fourth-order valence-corrected chi connectivity index (χ4v) is 4.16. The molecule has 3 rings (SSSR count). The van der Waals surface area contributed by atoms with Crippen molar-refractivity contribution in [1.29, 1.82) is 0 Å². The van der Waals surface area contributed by atoms with Gasteiger partial charge in [-0.05, 0) is 60.7 Å². The van der Waals surface area contributed by atoms with Gasteiger partial charge in [0.05, 0.1) is 16.9 Å². The topological polar surface area (TPSA) is 50.1 Å². The SMILES string of the molecule is Nc1cc(NCc2ccc(C(F)(F)F)cc2)ccc1NSC1CCCCC1. The molecule has 0 saturated heterocycles. The first-order valence-electron chi connectivity index (χ1n) is 9.13. The monoisotopic (exact) mass is 395 g/mol. The largest absolute Gasteiger partial charge is 0.416 e. The Labute approximate surface area is 162 Å². The molecule has 2 aromatic rings. The number of nitrogen functional groups attached to an aromatic ring is 1. The van der Waals surface area contributed by atoms with Crippen molar-refractivity contribution in [3.63, 3.8) is 0 Å². The van der Waals surface area contributed by atoms with Gasteiger partial charge in [-0.25, -0.2) is 0 Å². The first kappa shape index (κ1) is 19.7. The van der Waals surface area contributed by atoms with Crippen LogP contribution in [0.4, 0.5) is 30.2 Å². The molecule has 0 heterocycles. The molecular formula is C20H24F3N3S. The lowest BCUT2D eigenvalue weighted by Gasteiger charge is -2.21. The van der Waals surface area contributed by atoms with Crippen LogP contribution in [0.25, 0.3) is 0 Å². The summed E-state index contributed by atoms with van der Waals surface area (Å²) in [6.45, 7) is 0.432. The van der Waals surface area contributed by atoms with E-state index in [1.807, 2.05) is 18.2 Å². The van der Waals surface area contributed by atoms with Crippen molar-refractivity contribution in [1.82, 2.24) is 0 Å². The molecule has 1 fully saturated rings. The van der Waals surface area contributed by atoms with Crippen LogP contribution in [0.1, 0.15) is 43.2 Å². The lowest BCUT2D eigenvalue weighted by molar-refractivity contribution is -0.137. The Morgan fingerprint density at radius 3 is 2.33 bits per heavy atom. The third-order valence-electron chi connectivity index (χ3n) is 4.72. The van der Waals surface area contributed by atoms with Gasteiger partial charge >= 0.3 is 6.18 Å². The van der Waals surface area contributed by atoms with Crippen LogP contribution >= 0.6 is 11.9 Å². The Balaban J connectivity index is 1.52. The van der Waals surface area contributed by atoms with E-state index in [-0.39, 0.29) is 0 Å². The van der Waals surface area contributed by atoms with Gasteiger partial charge in [0.1, 0.15) is 0 Å². The fraction of sp³-hybridized carbons (Fsp3) is 0.400. The number of nitrogens with one attached hydrogen (secondary N) is 2. The normalized spacial score (nSPS) is 15.5. The first-order chi connectivity index (χ1) is 12.9. The highest BCUT2D eigenvalue weighted by Gasteiger charge is 2.29. The molecule has 0 unspecified atom stereocenters. The molecule has 146 valence electrons. The summed E-state index contributed by atoms with van der Waals surface area (Å²) in [6.07, 6.45) is 2.09. The van der Waals surface area contributed by atoms with E-state index in [4.69, 9.17) is 5.73 Å². The third-order valence-corrected chi connectivity index (χ3v) is 5.86. The van der Waals surface area contributed by atoms with E-state index < -0.39 is 11.7 Å². The third kappa shape index (κ3) is 5.73. The van der Waals surface area contributed by atoms with Gasteiger partial charge in [0.25, 0.3) is 0 Å². The average molecular weight is 395 g/mol. The van der Waals surface area contributed by atoms with E-state index in [2.05, 4.69) is 10.0 Å². The highest BCUT2D eigenvalue weighted by molar-refractivity contribution is 8.01. The van der Waals surface area contributed by atoms with Gasteiger partial charge in [0, 0.05) is 17.5 Å². The highest BCUT2D eigenvalue weighted by atomic mass is 32.2. The van der Waals surface area contributed by atoms with Crippen molar-refractivity contribution >= 4 is 29.0 Å². The minimum absolute atomic E-state index is 0.432. The van der Waals surface area contributed by atoms with Crippen LogP contribution in [0.2, 0.25) is 0 Å². The summed E-state index contributed by atoms with van der Waals surface area (Å²) in [5, 5.41) is 3.83. The molecule has 0 spiro atoms. The summed E-state index contributed by atoms with van der Waals surface area (Å²) in [4.78, 5) is 0. The molecular weight excluding hydrogens is 371 g/mol. The molecule has 0 aliphatic heterocycles. The molecule has 7 heteroatoms. The molecule has 27 heavy (non-hydrogen) atoms. The zero-order valence-corrected chi connectivity index (χ0v) is 15.8. The van der Waals surface area contributed by atoms with Crippen molar-refractivity contribution in [3.05, 3.63) is 53.6 Å². The predicted molar refractivity (Wildman–Crippen MR) is 108 cm³/mol. The van der Waals surface area contributed by atoms with Gasteiger partial charge < -0.3 is 15.8 Å². The molecule has 0 bridgehead atoms. The molecule has 1 aliphatic rings. The number of hydrogen-bond acceptors (Lipinski definition) is 4. The van der Waals surface area contributed by atoms with E-state index in [0.717, 1.165) is 29.1 Å². The first-order valence-corrected chi connectivity index (χ1v) is 10.0. The van der Waals surface area contributed by atoms with Gasteiger partial charge in [-0.2, -0.15) is 13.2 Å². The Kier molecular flexibility index (Phi) is 6.42. The Bertz CT molecular complexity index is 741. The molecule has 1 saturated carbocycles. The van der Waals surface area contributed by atoms with Gasteiger partial charge in [0.15, 0.2) is 0 Å². The van der Waals surface area contributed by atoms with Crippen LogP contribution in [0.15, 0.2) is 42.5 Å². The van der Waals surface area contributed by atoms with Crippen molar-refractivity contribution in [3.8, 4) is 0 Å². The standard InChI is InChI=1S/C20H24F3N3S/c21-20(22,23)15-8-6-14(7-9-15)13-25-16-10-11-19(18(24)12-16)26-27-17-4-2-1-3-5-17/h6-12,17,25-26H,1-5,13,24H2. The molecule has 1 aliphatic carbocycles. The number of halogens is 3. The van der Waals surface area contributed by atoms with Crippen molar-refractivity contribution in [2.45, 2.75) is 50.1 Å². The number of rotatable bonds is 6. The summed E-state index contributed by atoms with van der Waals surface area (Å²) in [5.74, 6) is 0. The van der Waals surface area contributed by atoms with Crippen molar-refractivity contribution in [2.75, 3.05) is 15.8 Å². The lowest BCUT2D eigenvalue weighted by atomic mass is 10.0. The van der Waals surface area contributed by atoms with Gasteiger partial charge in [-0.1, -0.05) is 31.4 Å². The number of nitrogens with two attached hydrogens (primary N) is 1. The number of hydrogen-bond donors (Lipinski definition) is 3. The van der Waals surface area contributed by atoms with Crippen LogP contribution < -0.4 is 15.8 Å². The van der Waals surface area contributed by atoms with E-state index in [1.165, 1.54) is 44.2 Å². The van der Waals surface area contributed by atoms with E-state index in [0.29, 0.717) is 17.5 Å². The minimum atomic E-state index is -4.31. The maximum absolute atomic E-state index is 12.6. The van der Waals surface area contributed by atoms with Crippen LogP contribution in [-0.2, 0) is 12.7 Å². The molecule has 0 amide bonds. The summed E-state index contributed by atoms with van der Waals surface area (Å²) in [5.41, 5.74) is 8.65. The summed E-state index contributed by atoms with van der Waals surface area (Å²) >= 11 is 1.74. The molecule has 0 atom stereocenters. The smallest absolute Gasteiger partial charge is 0.397 e. The summed E-state index contributed by atoms with van der Waals surface area (Å²) in [7, 11) is 0. The minimum Gasteiger partial charge on any atom is -0.397 e. The van der Waals surface area contributed by atoms with Crippen molar-refractivity contribution in [2.24, 2.45) is 0 Å². The second-order valence-corrected chi connectivity index (χ2v) is 7.94. The quantitative estimate of drug-likeness (QED) is 0.397. The molecule has 0 radical (unpaired) electrons. The maximum atomic E-state index is 12.6. The van der Waals surface area contributed by atoms with E-state index in [1.54, 1.807) is 11.9 Å².